The van der Waals surface area contributed by atoms with E-state index in [0.717, 1.165) is 11.1 Å². The molecule has 0 aliphatic heterocycles. The van der Waals surface area contributed by atoms with Crippen molar-refractivity contribution < 1.29 is 9.47 Å². The van der Waals surface area contributed by atoms with E-state index in [1.54, 1.807) is 6.20 Å². The molecular weight excluding hydrogens is 230 g/mol. The Labute approximate surface area is 109 Å². The predicted octanol–water partition coefficient (Wildman–Crippen LogP) is 1.63. The third-order valence-corrected chi connectivity index (χ3v) is 2.79. The zero-order valence-corrected chi connectivity index (χ0v) is 11.6. The van der Waals surface area contributed by atoms with Crippen LogP contribution in [0.5, 0.6) is 0 Å². The molecule has 1 rings (SSSR count). The van der Waals surface area contributed by atoms with Crippen LogP contribution in [0.3, 0.4) is 0 Å². The topological polar surface area (TPSA) is 69.4 Å². The highest BCUT2D eigenvalue weighted by Crippen LogP contribution is 2.27. The molecule has 3 N–H and O–H groups in total. The van der Waals surface area contributed by atoms with Crippen LogP contribution >= 0.6 is 0 Å². The molecule has 0 radical (unpaired) electrons. The van der Waals surface area contributed by atoms with E-state index >= 15 is 0 Å². The van der Waals surface area contributed by atoms with Crippen LogP contribution in [0.4, 0.5) is 5.82 Å². The van der Waals surface area contributed by atoms with Crippen LogP contribution < -0.4 is 11.1 Å². The van der Waals surface area contributed by atoms with E-state index < -0.39 is 0 Å². The minimum atomic E-state index is -0.366. The molecule has 0 spiro atoms. The second-order valence-corrected chi connectivity index (χ2v) is 3.97. The maximum atomic E-state index is 5.97. The molecule has 0 aromatic carbocycles. The third kappa shape index (κ3) is 3.41. The van der Waals surface area contributed by atoms with Gasteiger partial charge in [-0.05, 0) is 39.4 Å². The second kappa shape index (κ2) is 7.31. The van der Waals surface area contributed by atoms with Crippen molar-refractivity contribution in [2.24, 2.45) is 0 Å². The number of hydrogen-bond donors (Lipinski definition) is 2. The Morgan fingerprint density at radius 2 is 1.94 bits per heavy atom. The van der Waals surface area contributed by atoms with Gasteiger partial charge in [-0.2, -0.15) is 0 Å². The molecule has 0 fully saturated rings. The van der Waals surface area contributed by atoms with Crippen LogP contribution in [0, 0.1) is 6.92 Å². The number of aryl methyl sites for hydroxylation is 1. The molecule has 5 heteroatoms. The Hall–Kier alpha value is -1.17. The van der Waals surface area contributed by atoms with Gasteiger partial charge in [-0.25, -0.2) is 4.98 Å². The number of rotatable bonds is 7. The lowest BCUT2D eigenvalue weighted by molar-refractivity contribution is -0.154. The monoisotopic (exact) mass is 253 g/mol. The summed E-state index contributed by atoms with van der Waals surface area (Å²) in [6, 6.07) is 1.81. The molecule has 0 aliphatic rings. The van der Waals surface area contributed by atoms with Crippen molar-refractivity contribution in [2.45, 2.75) is 33.1 Å². The van der Waals surface area contributed by atoms with Gasteiger partial charge < -0.3 is 20.5 Å². The maximum Gasteiger partial charge on any atom is 0.176 e. The normalized spacial score (nSPS) is 12.9. The molecule has 1 unspecified atom stereocenters. The van der Waals surface area contributed by atoms with Crippen LogP contribution in [0.25, 0.3) is 0 Å². The number of nitrogen functional groups attached to an aromatic ring is 1. The zero-order chi connectivity index (χ0) is 13.5. The predicted molar refractivity (Wildman–Crippen MR) is 72.2 cm³/mol. The van der Waals surface area contributed by atoms with Crippen molar-refractivity contribution in [3.8, 4) is 0 Å². The molecule has 5 nitrogen and oxygen atoms in total. The van der Waals surface area contributed by atoms with Crippen LogP contribution in [0.15, 0.2) is 12.3 Å². The molecule has 1 atom stereocenters. The molecule has 0 saturated carbocycles. The van der Waals surface area contributed by atoms with Gasteiger partial charge in [-0.15, -0.1) is 0 Å². The summed E-state index contributed by atoms with van der Waals surface area (Å²) in [4.78, 5) is 4.14. The van der Waals surface area contributed by atoms with E-state index in [1.807, 2.05) is 33.9 Å². The van der Waals surface area contributed by atoms with E-state index in [0.29, 0.717) is 19.0 Å². The van der Waals surface area contributed by atoms with Crippen LogP contribution in [0.2, 0.25) is 0 Å². The lowest BCUT2D eigenvalue weighted by Crippen LogP contribution is -2.35. The molecule has 0 bridgehead atoms. The van der Waals surface area contributed by atoms with Gasteiger partial charge in [0.2, 0.25) is 0 Å². The minimum absolute atomic E-state index is 0.126. The molecule has 1 aromatic rings. The number of pyridine rings is 1. The molecule has 0 saturated heterocycles. The Balaban J connectivity index is 3.06. The summed E-state index contributed by atoms with van der Waals surface area (Å²) in [6.07, 6.45) is 1.34. The van der Waals surface area contributed by atoms with Crippen molar-refractivity contribution in [3.63, 3.8) is 0 Å². The summed E-state index contributed by atoms with van der Waals surface area (Å²) < 4.78 is 11.3. The average Bonchev–Trinajstić information content (AvgIpc) is 2.34. The number of aromatic nitrogens is 1. The Bertz CT molecular complexity index is 345. The Kier molecular flexibility index (Phi) is 6.04. The fourth-order valence-electron chi connectivity index (χ4n) is 1.98. The van der Waals surface area contributed by atoms with Crippen molar-refractivity contribution in [2.75, 3.05) is 26.0 Å². The van der Waals surface area contributed by atoms with Gasteiger partial charge in [0, 0.05) is 25.0 Å². The number of nitrogens with one attached hydrogen (secondary N) is 1. The van der Waals surface area contributed by atoms with Gasteiger partial charge in [0.25, 0.3) is 0 Å². The highest BCUT2D eigenvalue weighted by atomic mass is 16.7. The number of nitrogens with two attached hydrogens (primary N) is 1. The molecule has 0 aliphatic carbocycles. The van der Waals surface area contributed by atoms with Crippen LogP contribution in [-0.4, -0.2) is 31.5 Å². The van der Waals surface area contributed by atoms with E-state index in [4.69, 9.17) is 15.2 Å². The summed E-state index contributed by atoms with van der Waals surface area (Å²) in [6.45, 7) is 7.06. The van der Waals surface area contributed by atoms with E-state index in [-0.39, 0.29) is 12.3 Å². The first-order valence-electron chi connectivity index (χ1n) is 6.27. The van der Waals surface area contributed by atoms with Gasteiger partial charge in [-0.1, -0.05) is 0 Å². The standard InChI is InChI=1S/C13H23N3O2/c1-5-17-13(18-6-2)11(15-4)10-9(3)7-8-16-12(10)14/h7-8,11,13,15H,5-6H2,1-4H3,(H2,14,16). The fraction of sp³-hybridized carbons (Fsp3) is 0.615. The van der Waals surface area contributed by atoms with Crippen LogP contribution in [0.1, 0.15) is 31.0 Å². The minimum Gasteiger partial charge on any atom is -0.383 e. The molecule has 18 heavy (non-hydrogen) atoms. The third-order valence-electron chi connectivity index (χ3n) is 2.79. The quantitative estimate of drug-likeness (QED) is 0.723. The van der Waals surface area contributed by atoms with Crippen LogP contribution in [-0.2, 0) is 9.47 Å². The fourth-order valence-corrected chi connectivity index (χ4v) is 1.98. The van der Waals surface area contributed by atoms with Gasteiger partial charge in [-0.3, -0.25) is 0 Å². The lowest BCUT2D eigenvalue weighted by atomic mass is 10.0. The number of hydrogen-bond acceptors (Lipinski definition) is 5. The first-order valence-corrected chi connectivity index (χ1v) is 6.27. The number of anilines is 1. The second-order valence-electron chi connectivity index (χ2n) is 3.97. The summed E-state index contributed by atoms with van der Waals surface area (Å²) in [5.74, 6) is 0.513. The summed E-state index contributed by atoms with van der Waals surface area (Å²) in [5.41, 5.74) is 7.98. The smallest absolute Gasteiger partial charge is 0.176 e. The lowest BCUT2D eigenvalue weighted by Gasteiger charge is -2.28. The van der Waals surface area contributed by atoms with Gasteiger partial charge >= 0.3 is 0 Å². The Morgan fingerprint density at radius 1 is 1.33 bits per heavy atom. The number of nitrogens with zero attached hydrogens (tertiary/aromatic N) is 1. The van der Waals surface area contributed by atoms with E-state index in [2.05, 4.69) is 10.3 Å². The highest BCUT2D eigenvalue weighted by Gasteiger charge is 2.26. The first-order chi connectivity index (χ1) is 8.65. The molecule has 1 aromatic heterocycles. The number of likely N-dealkylation sites (N-methyl/N-ethyl adjacent to an activating group) is 1. The van der Waals surface area contributed by atoms with E-state index in [9.17, 15) is 0 Å². The largest absolute Gasteiger partial charge is 0.383 e. The molecule has 1 heterocycles. The maximum absolute atomic E-state index is 5.97. The van der Waals surface area contributed by atoms with Crippen molar-refractivity contribution in [1.29, 1.82) is 0 Å². The van der Waals surface area contributed by atoms with Crippen molar-refractivity contribution in [3.05, 3.63) is 23.4 Å². The van der Waals surface area contributed by atoms with Gasteiger partial charge in [0.05, 0.1) is 6.04 Å². The first kappa shape index (κ1) is 14.9. The summed E-state index contributed by atoms with van der Waals surface area (Å²) in [7, 11) is 1.86. The SMILES string of the molecule is CCOC(OCC)C(NC)c1c(C)ccnc1N. The summed E-state index contributed by atoms with van der Waals surface area (Å²) >= 11 is 0. The molecular formula is C13H23N3O2. The van der Waals surface area contributed by atoms with Gasteiger partial charge in [0.15, 0.2) is 6.29 Å². The zero-order valence-electron chi connectivity index (χ0n) is 11.6. The molecule has 0 amide bonds. The number of ether oxygens (including phenoxy) is 2. The Morgan fingerprint density at radius 3 is 2.39 bits per heavy atom. The molecule has 102 valence electrons. The van der Waals surface area contributed by atoms with Gasteiger partial charge in [0.1, 0.15) is 5.82 Å². The van der Waals surface area contributed by atoms with E-state index in [1.165, 1.54) is 0 Å². The van der Waals surface area contributed by atoms with Crippen molar-refractivity contribution in [1.82, 2.24) is 10.3 Å². The summed E-state index contributed by atoms with van der Waals surface area (Å²) in [5, 5.41) is 3.20. The highest BCUT2D eigenvalue weighted by molar-refractivity contribution is 5.46. The average molecular weight is 253 g/mol. The van der Waals surface area contributed by atoms with Crippen molar-refractivity contribution >= 4 is 5.82 Å².